The first-order valence-electron chi connectivity index (χ1n) is 8.29. The predicted octanol–water partition coefficient (Wildman–Crippen LogP) is 5.19. The maximum Gasteiger partial charge on any atom is 0.123 e. The van der Waals surface area contributed by atoms with Gasteiger partial charge >= 0.3 is 0 Å². The predicted molar refractivity (Wildman–Crippen MR) is 89.5 cm³/mol. The Labute approximate surface area is 135 Å². The number of aromatic amines is 1. The third kappa shape index (κ3) is 2.69. The summed E-state index contributed by atoms with van der Waals surface area (Å²) in [4.78, 5) is 7.76. The number of aromatic nitrogens is 3. The zero-order valence-electron chi connectivity index (χ0n) is 13.0. The molecule has 23 heavy (non-hydrogen) atoms. The summed E-state index contributed by atoms with van der Waals surface area (Å²) in [5.41, 5.74) is 3.88. The van der Waals surface area contributed by atoms with Crippen LogP contribution in [0.25, 0.3) is 22.5 Å². The van der Waals surface area contributed by atoms with Crippen LogP contribution in [0.1, 0.15) is 38.1 Å². The minimum atomic E-state index is -0.227. The number of benzene rings is 1. The van der Waals surface area contributed by atoms with E-state index >= 15 is 0 Å². The lowest BCUT2D eigenvalue weighted by Crippen LogP contribution is -2.13. The SMILES string of the molecule is Fc1cccc(-c2ncn(C3CCCCC3)c2-c2cc[nH]c2)c1. The van der Waals surface area contributed by atoms with Crippen LogP contribution in [0.3, 0.4) is 0 Å². The Morgan fingerprint density at radius 3 is 2.70 bits per heavy atom. The zero-order valence-corrected chi connectivity index (χ0v) is 13.0. The average Bonchev–Trinajstić information content (AvgIpc) is 3.25. The Hall–Kier alpha value is -2.36. The van der Waals surface area contributed by atoms with Gasteiger partial charge in [-0.1, -0.05) is 31.4 Å². The number of hydrogen-bond donors (Lipinski definition) is 1. The van der Waals surface area contributed by atoms with Crippen LogP contribution in [0.5, 0.6) is 0 Å². The van der Waals surface area contributed by atoms with Gasteiger partial charge in [-0.3, -0.25) is 0 Å². The monoisotopic (exact) mass is 309 g/mol. The van der Waals surface area contributed by atoms with Crippen LogP contribution < -0.4 is 0 Å². The second-order valence-corrected chi connectivity index (χ2v) is 6.25. The molecule has 1 aliphatic rings. The van der Waals surface area contributed by atoms with E-state index in [-0.39, 0.29) is 5.82 Å². The molecule has 1 fully saturated rings. The van der Waals surface area contributed by atoms with E-state index in [1.165, 1.54) is 38.2 Å². The van der Waals surface area contributed by atoms with Crippen molar-refractivity contribution in [3.63, 3.8) is 0 Å². The van der Waals surface area contributed by atoms with Gasteiger partial charge in [0.15, 0.2) is 0 Å². The van der Waals surface area contributed by atoms with Crippen molar-refractivity contribution in [3.05, 3.63) is 54.9 Å². The zero-order chi connectivity index (χ0) is 15.6. The van der Waals surface area contributed by atoms with Gasteiger partial charge in [0.1, 0.15) is 5.82 Å². The van der Waals surface area contributed by atoms with E-state index in [1.807, 2.05) is 24.8 Å². The van der Waals surface area contributed by atoms with Crippen molar-refractivity contribution in [1.82, 2.24) is 14.5 Å². The van der Waals surface area contributed by atoms with Gasteiger partial charge in [-0.05, 0) is 31.0 Å². The van der Waals surface area contributed by atoms with Gasteiger partial charge in [-0.2, -0.15) is 0 Å². The van der Waals surface area contributed by atoms with Crippen LogP contribution in [0.4, 0.5) is 4.39 Å². The van der Waals surface area contributed by atoms with Crippen LogP contribution in [0.15, 0.2) is 49.1 Å². The molecule has 3 aromatic rings. The number of nitrogens with one attached hydrogen (secondary N) is 1. The molecule has 4 heteroatoms. The molecule has 2 aromatic heterocycles. The van der Waals surface area contributed by atoms with Crippen molar-refractivity contribution in [2.24, 2.45) is 0 Å². The number of hydrogen-bond acceptors (Lipinski definition) is 1. The van der Waals surface area contributed by atoms with E-state index < -0.39 is 0 Å². The maximum absolute atomic E-state index is 13.6. The largest absolute Gasteiger partial charge is 0.367 e. The van der Waals surface area contributed by atoms with Gasteiger partial charge in [0.2, 0.25) is 0 Å². The third-order valence-electron chi connectivity index (χ3n) is 4.73. The molecule has 118 valence electrons. The second-order valence-electron chi connectivity index (χ2n) is 6.25. The highest BCUT2D eigenvalue weighted by atomic mass is 19.1. The molecule has 0 unspecified atom stereocenters. The van der Waals surface area contributed by atoms with Crippen LogP contribution in [-0.4, -0.2) is 14.5 Å². The van der Waals surface area contributed by atoms with E-state index in [0.29, 0.717) is 6.04 Å². The Balaban J connectivity index is 1.85. The van der Waals surface area contributed by atoms with E-state index in [1.54, 1.807) is 12.1 Å². The molecule has 3 nitrogen and oxygen atoms in total. The van der Waals surface area contributed by atoms with E-state index in [9.17, 15) is 4.39 Å². The first kappa shape index (κ1) is 14.2. The average molecular weight is 309 g/mol. The summed E-state index contributed by atoms with van der Waals surface area (Å²) in [5, 5.41) is 0. The third-order valence-corrected chi connectivity index (χ3v) is 4.73. The Kier molecular flexibility index (Phi) is 3.74. The summed E-state index contributed by atoms with van der Waals surface area (Å²) in [7, 11) is 0. The summed E-state index contributed by atoms with van der Waals surface area (Å²) < 4.78 is 15.9. The standard InChI is InChI=1S/C19H20FN3/c20-16-6-4-5-14(11-16)18-19(15-9-10-21-12-15)23(13-22-18)17-7-2-1-3-8-17/h4-6,9-13,17,21H,1-3,7-8H2. The highest BCUT2D eigenvalue weighted by Crippen LogP contribution is 2.37. The van der Waals surface area contributed by atoms with Gasteiger partial charge in [0.25, 0.3) is 0 Å². The van der Waals surface area contributed by atoms with Crippen molar-refractivity contribution in [3.8, 4) is 22.5 Å². The molecule has 0 atom stereocenters. The second kappa shape index (κ2) is 6.03. The van der Waals surface area contributed by atoms with Crippen LogP contribution in [-0.2, 0) is 0 Å². The Bertz CT molecular complexity index is 783. The number of imidazole rings is 1. The fourth-order valence-electron chi connectivity index (χ4n) is 3.60. The van der Waals surface area contributed by atoms with Gasteiger partial charge in [0, 0.05) is 29.6 Å². The normalized spacial score (nSPS) is 15.9. The molecule has 1 N–H and O–H groups in total. The molecule has 0 bridgehead atoms. The molecule has 0 amide bonds. The van der Waals surface area contributed by atoms with Gasteiger partial charge < -0.3 is 9.55 Å². The molecule has 0 aliphatic heterocycles. The minimum Gasteiger partial charge on any atom is -0.367 e. The number of halogens is 1. The minimum absolute atomic E-state index is 0.227. The molecule has 4 rings (SSSR count). The molecule has 1 saturated carbocycles. The molecule has 0 saturated heterocycles. The Morgan fingerprint density at radius 2 is 1.96 bits per heavy atom. The first-order valence-corrected chi connectivity index (χ1v) is 8.29. The molecule has 0 radical (unpaired) electrons. The van der Waals surface area contributed by atoms with Gasteiger partial charge in [0.05, 0.1) is 17.7 Å². The van der Waals surface area contributed by atoms with Crippen molar-refractivity contribution >= 4 is 0 Å². The highest BCUT2D eigenvalue weighted by Gasteiger charge is 2.22. The highest BCUT2D eigenvalue weighted by molar-refractivity contribution is 5.78. The van der Waals surface area contributed by atoms with Crippen LogP contribution in [0, 0.1) is 5.82 Å². The number of nitrogens with zero attached hydrogens (tertiary/aromatic N) is 2. The molecular weight excluding hydrogens is 289 g/mol. The fraction of sp³-hybridized carbons (Fsp3) is 0.316. The van der Waals surface area contributed by atoms with Crippen LogP contribution in [0.2, 0.25) is 0 Å². The molecule has 0 spiro atoms. The van der Waals surface area contributed by atoms with Crippen molar-refractivity contribution in [2.75, 3.05) is 0 Å². The molecule has 2 heterocycles. The maximum atomic E-state index is 13.6. The molecule has 1 aliphatic carbocycles. The Morgan fingerprint density at radius 1 is 1.09 bits per heavy atom. The number of H-pyrrole nitrogens is 1. The van der Waals surface area contributed by atoms with Crippen molar-refractivity contribution in [2.45, 2.75) is 38.1 Å². The molecular formula is C19H20FN3. The summed E-state index contributed by atoms with van der Waals surface area (Å²) in [6.45, 7) is 0. The van der Waals surface area contributed by atoms with E-state index in [0.717, 1.165) is 22.5 Å². The van der Waals surface area contributed by atoms with Gasteiger partial charge in [-0.15, -0.1) is 0 Å². The summed E-state index contributed by atoms with van der Waals surface area (Å²) >= 11 is 0. The molecule has 1 aromatic carbocycles. The summed E-state index contributed by atoms with van der Waals surface area (Å²) in [5.74, 6) is -0.227. The quantitative estimate of drug-likeness (QED) is 0.709. The lowest BCUT2D eigenvalue weighted by Gasteiger charge is -2.25. The first-order chi connectivity index (χ1) is 11.3. The lowest BCUT2D eigenvalue weighted by molar-refractivity contribution is 0.355. The van der Waals surface area contributed by atoms with Gasteiger partial charge in [-0.25, -0.2) is 9.37 Å². The van der Waals surface area contributed by atoms with Crippen molar-refractivity contribution < 1.29 is 4.39 Å². The van der Waals surface area contributed by atoms with E-state index in [4.69, 9.17) is 0 Å². The smallest absolute Gasteiger partial charge is 0.123 e. The topological polar surface area (TPSA) is 33.6 Å². The van der Waals surface area contributed by atoms with Crippen molar-refractivity contribution in [1.29, 1.82) is 0 Å². The summed E-state index contributed by atoms with van der Waals surface area (Å²) in [6.07, 6.45) is 12.1. The lowest BCUT2D eigenvalue weighted by atomic mass is 9.94. The number of rotatable bonds is 3. The fourth-order valence-corrected chi connectivity index (χ4v) is 3.60. The van der Waals surface area contributed by atoms with Crippen LogP contribution >= 0.6 is 0 Å². The van der Waals surface area contributed by atoms with E-state index in [2.05, 4.69) is 20.6 Å². The summed E-state index contributed by atoms with van der Waals surface area (Å²) in [6, 6.07) is 9.24.